The normalized spacial score (nSPS) is 18.8. The second-order valence-corrected chi connectivity index (χ2v) is 6.38. The molecular weight excluding hydrogens is 399 g/mol. The maximum Gasteiger partial charge on any atom is 0.188 e. The number of halogens is 1. The fourth-order valence-corrected chi connectivity index (χ4v) is 3.44. The number of nitrogens with one attached hydrogen (secondary N) is 1. The summed E-state index contributed by atoms with van der Waals surface area (Å²) in [6, 6.07) is 5.01. The molecule has 0 bridgehead atoms. The Balaban J connectivity index is 0.00000264. The van der Waals surface area contributed by atoms with Crippen LogP contribution in [0.25, 0.3) is 0 Å². The van der Waals surface area contributed by atoms with Gasteiger partial charge in [0.25, 0.3) is 0 Å². The SMILES string of the molecule is CCN1CCCC1CNC(N)=NCc1c(C)cc(C)cc1C.I. The number of nitrogens with two attached hydrogens (primary N) is 1. The summed E-state index contributed by atoms with van der Waals surface area (Å²) >= 11 is 0. The Labute approximate surface area is 157 Å². The molecule has 2 rings (SSSR count). The first-order valence-electron chi connectivity index (χ1n) is 8.35. The van der Waals surface area contributed by atoms with Crippen LogP contribution in [0.4, 0.5) is 0 Å². The van der Waals surface area contributed by atoms with E-state index in [-0.39, 0.29) is 24.0 Å². The molecule has 0 saturated carbocycles. The molecule has 23 heavy (non-hydrogen) atoms. The van der Waals surface area contributed by atoms with E-state index in [2.05, 4.69) is 55.0 Å². The Bertz CT molecular complexity index is 519. The maximum atomic E-state index is 6.04. The van der Waals surface area contributed by atoms with Gasteiger partial charge in [0.2, 0.25) is 0 Å². The van der Waals surface area contributed by atoms with Gasteiger partial charge in [0.05, 0.1) is 6.54 Å². The number of benzene rings is 1. The Morgan fingerprint density at radius 1 is 1.30 bits per heavy atom. The molecule has 1 unspecified atom stereocenters. The van der Waals surface area contributed by atoms with Gasteiger partial charge in [-0.15, -0.1) is 24.0 Å². The summed E-state index contributed by atoms with van der Waals surface area (Å²) in [5, 5.41) is 3.30. The minimum Gasteiger partial charge on any atom is -0.370 e. The minimum absolute atomic E-state index is 0. The summed E-state index contributed by atoms with van der Waals surface area (Å²) in [7, 11) is 0. The molecule has 1 atom stereocenters. The molecule has 4 nitrogen and oxygen atoms in total. The monoisotopic (exact) mass is 430 g/mol. The van der Waals surface area contributed by atoms with Crippen molar-refractivity contribution in [3.05, 3.63) is 34.4 Å². The van der Waals surface area contributed by atoms with E-state index in [4.69, 9.17) is 5.73 Å². The van der Waals surface area contributed by atoms with Crippen molar-refractivity contribution in [1.29, 1.82) is 0 Å². The third-order valence-corrected chi connectivity index (χ3v) is 4.67. The van der Waals surface area contributed by atoms with Gasteiger partial charge in [-0.3, -0.25) is 4.90 Å². The van der Waals surface area contributed by atoms with Crippen molar-refractivity contribution < 1.29 is 0 Å². The predicted octanol–water partition coefficient (Wildman–Crippen LogP) is 3.12. The molecular formula is C18H31IN4. The van der Waals surface area contributed by atoms with E-state index in [1.54, 1.807) is 0 Å². The Morgan fingerprint density at radius 2 is 1.96 bits per heavy atom. The van der Waals surface area contributed by atoms with E-state index in [1.165, 1.54) is 41.6 Å². The number of aliphatic imine (C=N–C) groups is 1. The number of hydrogen-bond donors (Lipinski definition) is 2. The van der Waals surface area contributed by atoms with Crippen LogP contribution in [0.15, 0.2) is 17.1 Å². The van der Waals surface area contributed by atoms with Crippen molar-refractivity contribution in [3.8, 4) is 0 Å². The molecule has 1 aliphatic heterocycles. The van der Waals surface area contributed by atoms with E-state index >= 15 is 0 Å². The highest BCUT2D eigenvalue weighted by atomic mass is 127. The summed E-state index contributed by atoms with van der Waals surface area (Å²) in [6.45, 7) is 12.5. The standard InChI is InChI=1S/C18H30N4.HI/c1-5-22-8-6-7-16(22)11-20-18(19)21-12-17-14(3)9-13(2)10-15(17)4;/h9-10,16H,5-8,11-12H2,1-4H3,(H3,19,20,21);1H. The highest BCUT2D eigenvalue weighted by Gasteiger charge is 2.22. The van der Waals surface area contributed by atoms with Crippen LogP contribution in [0, 0.1) is 20.8 Å². The number of nitrogens with zero attached hydrogens (tertiary/aromatic N) is 2. The third-order valence-electron chi connectivity index (χ3n) is 4.67. The van der Waals surface area contributed by atoms with Gasteiger partial charge in [-0.2, -0.15) is 0 Å². The van der Waals surface area contributed by atoms with Crippen molar-refractivity contribution in [2.45, 2.75) is 53.1 Å². The number of aryl methyl sites for hydroxylation is 3. The van der Waals surface area contributed by atoms with Crippen LogP contribution in [0.5, 0.6) is 0 Å². The summed E-state index contributed by atoms with van der Waals surface area (Å²) in [6.07, 6.45) is 2.54. The maximum absolute atomic E-state index is 6.04. The smallest absolute Gasteiger partial charge is 0.188 e. The number of likely N-dealkylation sites (tertiary alicyclic amines) is 1. The zero-order valence-corrected chi connectivity index (χ0v) is 17.2. The first-order valence-corrected chi connectivity index (χ1v) is 8.35. The van der Waals surface area contributed by atoms with Crippen LogP contribution in [0.3, 0.4) is 0 Å². The van der Waals surface area contributed by atoms with Crippen molar-refractivity contribution >= 4 is 29.9 Å². The Kier molecular flexibility index (Phi) is 8.33. The minimum atomic E-state index is 0. The quantitative estimate of drug-likeness (QED) is 0.429. The molecule has 0 aliphatic carbocycles. The fraction of sp³-hybridized carbons (Fsp3) is 0.611. The molecule has 0 radical (unpaired) electrons. The van der Waals surface area contributed by atoms with Gasteiger partial charge in [0, 0.05) is 12.6 Å². The first-order chi connectivity index (χ1) is 10.5. The molecule has 1 fully saturated rings. The highest BCUT2D eigenvalue weighted by molar-refractivity contribution is 14.0. The van der Waals surface area contributed by atoms with E-state index in [0.717, 1.165) is 13.1 Å². The summed E-state index contributed by atoms with van der Waals surface area (Å²) < 4.78 is 0. The average molecular weight is 430 g/mol. The molecule has 3 N–H and O–H groups in total. The third kappa shape index (κ3) is 5.64. The zero-order valence-electron chi connectivity index (χ0n) is 14.9. The largest absolute Gasteiger partial charge is 0.370 e. The number of likely N-dealkylation sites (N-methyl/N-ethyl adjacent to an activating group) is 1. The Hall–Kier alpha value is -0.820. The molecule has 5 heteroatoms. The Morgan fingerprint density at radius 3 is 2.57 bits per heavy atom. The van der Waals surface area contributed by atoms with Gasteiger partial charge in [0.1, 0.15) is 0 Å². The topological polar surface area (TPSA) is 53.6 Å². The van der Waals surface area contributed by atoms with Gasteiger partial charge in [-0.1, -0.05) is 24.6 Å². The van der Waals surface area contributed by atoms with E-state index < -0.39 is 0 Å². The number of guanidine groups is 1. The molecule has 1 aliphatic rings. The fourth-order valence-electron chi connectivity index (χ4n) is 3.44. The summed E-state index contributed by atoms with van der Waals surface area (Å²) in [5.74, 6) is 0.558. The molecule has 1 aromatic rings. The van der Waals surface area contributed by atoms with E-state index in [0.29, 0.717) is 18.5 Å². The van der Waals surface area contributed by atoms with Crippen molar-refractivity contribution in [2.75, 3.05) is 19.6 Å². The molecule has 1 heterocycles. The highest BCUT2D eigenvalue weighted by Crippen LogP contribution is 2.17. The van der Waals surface area contributed by atoms with Crippen molar-refractivity contribution in [1.82, 2.24) is 10.2 Å². The lowest BCUT2D eigenvalue weighted by Gasteiger charge is -2.23. The van der Waals surface area contributed by atoms with Gasteiger partial charge >= 0.3 is 0 Å². The lowest BCUT2D eigenvalue weighted by molar-refractivity contribution is 0.267. The van der Waals surface area contributed by atoms with Gasteiger partial charge in [-0.25, -0.2) is 4.99 Å². The van der Waals surface area contributed by atoms with Crippen molar-refractivity contribution in [3.63, 3.8) is 0 Å². The van der Waals surface area contributed by atoms with Gasteiger partial charge < -0.3 is 11.1 Å². The van der Waals surface area contributed by atoms with Crippen LogP contribution in [-0.4, -0.2) is 36.5 Å². The lowest BCUT2D eigenvalue weighted by Crippen LogP contribution is -2.42. The lowest BCUT2D eigenvalue weighted by atomic mass is 10.00. The number of rotatable bonds is 5. The molecule has 130 valence electrons. The van der Waals surface area contributed by atoms with Gasteiger partial charge in [0.15, 0.2) is 5.96 Å². The molecule has 0 aromatic heterocycles. The van der Waals surface area contributed by atoms with Crippen LogP contribution < -0.4 is 11.1 Å². The second-order valence-electron chi connectivity index (χ2n) is 6.38. The summed E-state index contributed by atoms with van der Waals surface area (Å²) in [5.41, 5.74) is 11.2. The summed E-state index contributed by atoms with van der Waals surface area (Å²) in [4.78, 5) is 7.03. The second kappa shape index (κ2) is 9.47. The van der Waals surface area contributed by atoms with Crippen LogP contribution in [0.1, 0.15) is 42.0 Å². The van der Waals surface area contributed by atoms with Crippen LogP contribution in [-0.2, 0) is 6.54 Å². The van der Waals surface area contributed by atoms with E-state index in [9.17, 15) is 0 Å². The first kappa shape index (κ1) is 20.2. The predicted molar refractivity (Wildman–Crippen MR) is 110 cm³/mol. The zero-order chi connectivity index (χ0) is 16.1. The van der Waals surface area contributed by atoms with Gasteiger partial charge in [-0.05, 0) is 63.4 Å². The molecule has 0 spiro atoms. The molecule has 1 aromatic carbocycles. The van der Waals surface area contributed by atoms with Crippen LogP contribution >= 0.6 is 24.0 Å². The van der Waals surface area contributed by atoms with Crippen LogP contribution in [0.2, 0.25) is 0 Å². The molecule has 1 saturated heterocycles. The molecule has 0 amide bonds. The van der Waals surface area contributed by atoms with Crippen molar-refractivity contribution in [2.24, 2.45) is 10.7 Å². The average Bonchev–Trinajstić information content (AvgIpc) is 2.91. The number of hydrogen-bond acceptors (Lipinski definition) is 2. The van der Waals surface area contributed by atoms with E-state index in [1.807, 2.05) is 0 Å².